The molecule has 0 aromatic carbocycles. The lowest BCUT2D eigenvalue weighted by atomic mass is 10.1. The predicted molar refractivity (Wildman–Crippen MR) is 99.7 cm³/mol. The number of unbranched alkanes of at least 4 members (excludes halogenated alkanes) is 3. The number of aromatic nitrogens is 1. The summed E-state index contributed by atoms with van der Waals surface area (Å²) in [5.41, 5.74) is 6.38. The third kappa shape index (κ3) is 7.83. The molecule has 140 valence electrons. The third-order valence-corrected chi connectivity index (χ3v) is 4.13. The predicted octanol–water partition coefficient (Wildman–Crippen LogP) is 2.38. The topological polar surface area (TPSA) is 75.6 Å². The largest absolute Gasteiger partial charge is 0.360 e. The van der Waals surface area contributed by atoms with Crippen LogP contribution in [0.2, 0.25) is 0 Å². The number of rotatable bonds is 8. The summed E-state index contributed by atoms with van der Waals surface area (Å²) in [4.78, 5) is 16.5. The summed E-state index contributed by atoms with van der Waals surface area (Å²) in [6.07, 6.45) is 4.96. The van der Waals surface area contributed by atoms with Crippen LogP contribution in [0, 0.1) is 6.92 Å². The van der Waals surface area contributed by atoms with Crippen molar-refractivity contribution in [2.24, 2.45) is 5.73 Å². The Morgan fingerprint density at radius 2 is 1.83 bits per heavy atom. The van der Waals surface area contributed by atoms with E-state index in [2.05, 4.69) is 10.1 Å². The Morgan fingerprint density at radius 3 is 2.42 bits per heavy atom. The summed E-state index contributed by atoms with van der Waals surface area (Å²) < 4.78 is 5.25. The zero-order valence-corrected chi connectivity index (χ0v) is 16.0. The van der Waals surface area contributed by atoms with Crippen LogP contribution in [0.15, 0.2) is 10.6 Å². The molecule has 0 bridgehead atoms. The maximum atomic E-state index is 12.2. The molecule has 1 aromatic rings. The Hall–Kier alpha value is -0.820. The van der Waals surface area contributed by atoms with Gasteiger partial charge in [-0.25, -0.2) is 0 Å². The van der Waals surface area contributed by atoms with Gasteiger partial charge in [-0.1, -0.05) is 18.0 Å². The molecule has 1 aliphatic rings. The van der Waals surface area contributed by atoms with Gasteiger partial charge in [0, 0.05) is 38.7 Å². The van der Waals surface area contributed by atoms with E-state index in [0.717, 1.165) is 76.4 Å². The van der Waals surface area contributed by atoms with Gasteiger partial charge >= 0.3 is 0 Å². The Bertz CT molecular complexity index is 463. The van der Waals surface area contributed by atoms with Gasteiger partial charge in [-0.15, -0.1) is 24.8 Å². The first-order valence-corrected chi connectivity index (χ1v) is 8.31. The minimum absolute atomic E-state index is 0. The van der Waals surface area contributed by atoms with Crippen molar-refractivity contribution in [2.45, 2.75) is 45.6 Å². The molecule has 6 nitrogen and oxygen atoms in total. The quantitative estimate of drug-likeness (QED) is 0.700. The third-order valence-electron chi connectivity index (χ3n) is 4.13. The van der Waals surface area contributed by atoms with Gasteiger partial charge < -0.3 is 15.2 Å². The van der Waals surface area contributed by atoms with Gasteiger partial charge in [0.05, 0.1) is 12.2 Å². The molecule has 1 amide bonds. The first-order chi connectivity index (χ1) is 10.7. The van der Waals surface area contributed by atoms with E-state index in [1.54, 1.807) is 0 Å². The number of hydrogen-bond acceptors (Lipinski definition) is 5. The second-order valence-electron chi connectivity index (χ2n) is 6.04. The zero-order chi connectivity index (χ0) is 15.8. The number of hydrogen-bond donors (Lipinski definition) is 1. The van der Waals surface area contributed by atoms with E-state index in [1.807, 2.05) is 17.9 Å². The molecule has 1 aromatic heterocycles. The lowest BCUT2D eigenvalue weighted by Crippen LogP contribution is -2.48. The molecular weight excluding hydrogens is 351 g/mol. The molecule has 2 rings (SSSR count). The second kappa shape index (κ2) is 12.5. The molecule has 0 radical (unpaired) electrons. The average molecular weight is 381 g/mol. The highest BCUT2D eigenvalue weighted by Crippen LogP contribution is 2.11. The fourth-order valence-corrected chi connectivity index (χ4v) is 2.80. The van der Waals surface area contributed by atoms with Crippen LogP contribution >= 0.6 is 24.8 Å². The summed E-state index contributed by atoms with van der Waals surface area (Å²) in [7, 11) is 0. The van der Waals surface area contributed by atoms with Crippen molar-refractivity contribution in [1.29, 1.82) is 0 Å². The molecule has 0 unspecified atom stereocenters. The molecule has 1 fully saturated rings. The highest BCUT2D eigenvalue weighted by Gasteiger charge is 2.21. The van der Waals surface area contributed by atoms with Crippen LogP contribution in [-0.2, 0) is 11.3 Å². The molecule has 1 saturated heterocycles. The number of aryl methyl sites for hydroxylation is 1. The molecule has 8 heteroatoms. The van der Waals surface area contributed by atoms with Crippen LogP contribution in [0.3, 0.4) is 0 Å². The van der Waals surface area contributed by atoms with Crippen LogP contribution in [0.1, 0.15) is 43.6 Å². The van der Waals surface area contributed by atoms with E-state index in [0.29, 0.717) is 12.3 Å². The lowest BCUT2D eigenvalue weighted by molar-refractivity contribution is -0.133. The van der Waals surface area contributed by atoms with Crippen molar-refractivity contribution in [2.75, 3.05) is 32.7 Å². The molecule has 0 atom stereocenters. The number of carbonyl (C=O) groups excluding carboxylic acids is 1. The van der Waals surface area contributed by atoms with Gasteiger partial charge in [0.15, 0.2) is 5.76 Å². The van der Waals surface area contributed by atoms with Crippen molar-refractivity contribution >= 4 is 30.7 Å². The summed E-state index contributed by atoms with van der Waals surface area (Å²) in [5, 5.41) is 3.91. The van der Waals surface area contributed by atoms with Crippen molar-refractivity contribution in [3.05, 3.63) is 17.5 Å². The van der Waals surface area contributed by atoms with Crippen LogP contribution in [-0.4, -0.2) is 53.6 Å². The number of carbonyl (C=O) groups is 1. The molecule has 24 heavy (non-hydrogen) atoms. The highest BCUT2D eigenvalue weighted by molar-refractivity contribution is 5.85. The first-order valence-electron chi connectivity index (χ1n) is 8.31. The normalized spacial score (nSPS) is 14.8. The smallest absolute Gasteiger partial charge is 0.222 e. The summed E-state index contributed by atoms with van der Waals surface area (Å²) in [5.74, 6) is 1.19. The van der Waals surface area contributed by atoms with Crippen molar-refractivity contribution in [3.8, 4) is 0 Å². The molecule has 0 aliphatic carbocycles. The average Bonchev–Trinajstić information content (AvgIpc) is 2.93. The number of amides is 1. The van der Waals surface area contributed by atoms with Gasteiger partial charge in [0.1, 0.15) is 0 Å². The van der Waals surface area contributed by atoms with Crippen LogP contribution in [0.25, 0.3) is 0 Å². The number of nitrogens with two attached hydrogens (primary N) is 1. The van der Waals surface area contributed by atoms with Gasteiger partial charge in [-0.3, -0.25) is 9.69 Å². The monoisotopic (exact) mass is 380 g/mol. The Labute approximate surface area is 156 Å². The van der Waals surface area contributed by atoms with Crippen molar-refractivity contribution < 1.29 is 9.32 Å². The Kier molecular flexibility index (Phi) is 12.1. The maximum absolute atomic E-state index is 12.2. The second-order valence-corrected chi connectivity index (χ2v) is 6.04. The standard InChI is InChI=1S/C16H28N4O2.2ClH/c1-14-12-15(22-18-14)13-19-8-10-20(11-9-19)16(21)6-4-2-3-5-7-17;;/h12H,2-11,13,17H2,1H3;2*1H. The highest BCUT2D eigenvalue weighted by atomic mass is 35.5. The molecular formula is C16H30Cl2N4O2. The summed E-state index contributed by atoms with van der Waals surface area (Å²) >= 11 is 0. The van der Waals surface area contributed by atoms with Gasteiger partial charge in [0.2, 0.25) is 5.91 Å². The van der Waals surface area contributed by atoms with Crippen LogP contribution < -0.4 is 5.73 Å². The number of nitrogens with zero attached hydrogens (tertiary/aromatic N) is 3. The maximum Gasteiger partial charge on any atom is 0.222 e. The molecule has 0 spiro atoms. The molecule has 1 aliphatic heterocycles. The summed E-state index contributed by atoms with van der Waals surface area (Å²) in [6, 6.07) is 1.97. The fraction of sp³-hybridized carbons (Fsp3) is 0.750. The molecule has 2 heterocycles. The molecule has 0 saturated carbocycles. The van der Waals surface area contributed by atoms with Crippen molar-refractivity contribution in [1.82, 2.24) is 15.0 Å². The van der Waals surface area contributed by atoms with E-state index in [1.165, 1.54) is 0 Å². The van der Waals surface area contributed by atoms with E-state index in [-0.39, 0.29) is 24.8 Å². The summed E-state index contributed by atoms with van der Waals surface area (Å²) in [6.45, 7) is 6.89. The number of piperazine rings is 1. The van der Waals surface area contributed by atoms with E-state index in [4.69, 9.17) is 10.3 Å². The number of halogens is 2. The zero-order valence-electron chi connectivity index (χ0n) is 14.4. The van der Waals surface area contributed by atoms with Gasteiger partial charge in [-0.05, 0) is 26.3 Å². The van der Waals surface area contributed by atoms with E-state index >= 15 is 0 Å². The Morgan fingerprint density at radius 1 is 1.17 bits per heavy atom. The van der Waals surface area contributed by atoms with Gasteiger partial charge in [-0.2, -0.15) is 0 Å². The minimum atomic E-state index is 0. The van der Waals surface area contributed by atoms with Gasteiger partial charge in [0.25, 0.3) is 0 Å². The first kappa shape index (κ1) is 23.2. The fourth-order valence-electron chi connectivity index (χ4n) is 2.80. The van der Waals surface area contributed by atoms with Crippen LogP contribution in [0.4, 0.5) is 0 Å². The van der Waals surface area contributed by atoms with E-state index < -0.39 is 0 Å². The Balaban J connectivity index is 0.00000264. The lowest BCUT2D eigenvalue weighted by Gasteiger charge is -2.34. The van der Waals surface area contributed by atoms with E-state index in [9.17, 15) is 4.79 Å². The SMILES string of the molecule is Cc1cc(CN2CCN(C(=O)CCCCCCN)CC2)on1.Cl.Cl. The molecule has 2 N–H and O–H groups in total. The van der Waals surface area contributed by atoms with Crippen LogP contribution in [0.5, 0.6) is 0 Å². The minimum Gasteiger partial charge on any atom is -0.360 e. The van der Waals surface area contributed by atoms with Crippen molar-refractivity contribution in [3.63, 3.8) is 0 Å².